The third-order valence-electron chi connectivity index (χ3n) is 3.70. The number of nitrogens with zero attached hydrogens (tertiary/aromatic N) is 2. The molecule has 0 aliphatic rings. The molecule has 0 radical (unpaired) electrons. The maximum atomic E-state index is 12.1. The van der Waals surface area contributed by atoms with E-state index in [2.05, 4.69) is 15.5 Å². The molecule has 1 amide bonds. The molecule has 1 heterocycles. The first kappa shape index (κ1) is 18.5. The lowest BCUT2D eigenvalue weighted by Gasteiger charge is -2.14. The number of amides is 1. The third kappa shape index (κ3) is 5.34. The highest BCUT2D eigenvalue weighted by molar-refractivity contribution is 7.99. The molecule has 0 spiro atoms. The van der Waals surface area contributed by atoms with Crippen LogP contribution in [0, 0.1) is 0 Å². The van der Waals surface area contributed by atoms with Crippen molar-refractivity contribution in [3.05, 3.63) is 76.6 Å². The first-order valence-corrected chi connectivity index (χ1v) is 9.50. The van der Waals surface area contributed by atoms with E-state index in [1.54, 1.807) is 6.07 Å². The van der Waals surface area contributed by atoms with Gasteiger partial charge in [0, 0.05) is 5.02 Å². The van der Waals surface area contributed by atoms with Gasteiger partial charge in [0.15, 0.2) is 0 Å². The molecular formula is C19H18ClN3O2S. The van der Waals surface area contributed by atoms with Crippen molar-refractivity contribution in [2.45, 2.75) is 24.6 Å². The van der Waals surface area contributed by atoms with Crippen LogP contribution in [0.25, 0.3) is 0 Å². The van der Waals surface area contributed by atoms with Gasteiger partial charge in [0.05, 0.1) is 18.2 Å². The fourth-order valence-corrected chi connectivity index (χ4v) is 3.20. The highest BCUT2D eigenvalue weighted by Crippen LogP contribution is 2.20. The molecule has 7 heteroatoms. The van der Waals surface area contributed by atoms with Gasteiger partial charge in [-0.25, -0.2) is 0 Å². The van der Waals surface area contributed by atoms with Crippen molar-refractivity contribution in [3.8, 4) is 0 Å². The fraction of sp³-hybridized carbons (Fsp3) is 0.211. The molecule has 5 nitrogen and oxygen atoms in total. The summed E-state index contributed by atoms with van der Waals surface area (Å²) in [6, 6.07) is 17.2. The van der Waals surface area contributed by atoms with Crippen LogP contribution in [0.5, 0.6) is 0 Å². The Morgan fingerprint density at radius 1 is 1.19 bits per heavy atom. The van der Waals surface area contributed by atoms with E-state index < -0.39 is 0 Å². The number of rotatable bonds is 7. The molecule has 26 heavy (non-hydrogen) atoms. The molecule has 0 aliphatic carbocycles. The molecule has 1 unspecified atom stereocenters. The first-order chi connectivity index (χ1) is 12.6. The summed E-state index contributed by atoms with van der Waals surface area (Å²) < 4.78 is 5.59. The number of aromatic nitrogens is 2. The van der Waals surface area contributed by atoms with Crippen LogP contribution in [0.3, 0.4) is 0 Å². The summed E-state index contributed by atoms with van der Waals surface area (Å²) in [6.45, 7) is 1.92. The Bertz CT molecular complexity index is 870. The Morgan fingerprint density at radius 2 is 2.00 bits per heavy atom. The lowest BCUT2D eigenvalue weighted by Crippen LogP contribution is -2.28. The Hall–Kier alpha value is -2.31. The van der Waals surface area contributed by atoms with Gasteiger partial charge in [0.1, 0.15) is 0 Å². The molecule has 0 bridgehead atoms. The summed E-state index contributed by atoms with van der Waals surface area (Å²) in [6.07, 6.45) is 0.576. The molecular weight excluding hydrogens is 370 g/mol. The Morgan fingerprint density at radius 3 is 2.77 bits per heavy atom. The predicted molar refractivity (Wildman–Crippen MR) is 102 cm³/mol. The maximum absolute atomic E-state index is 12.1. The van der Waals surface area contributed by atoms with Crippen LogP contribution < -0.4 is 5.32 Å². The molecule has 2 aromatic carbocycles. The number of benzene rings is 2. The second-order valence-corrected chi connectivity index (χ2v) is 7.12. The van der Waals surface area contributed by atoms with Crippen LogP contribution >= 0.6 is 23.4 Å². The highest BCUT2D eigenvalue weighted by atomic mass is 35.5. The van der Waals surface area contributed by atoms with Gasteiger partial charge >= 0.3 is 0 Å². The molecule has 0 aliphatic heterocycles. The number of carbonyl (C=O) groups excluding carboxylic acids is 1. The molecule has 0 fully saturated rings. The van der Waals surface area contributed by atoms with Crippen molar-refractivity contribution >= 4 is 29.3 Å². The van der Waals surface area contributed by atoms with Crippen LogP contribution in [0.2, 0.25) is 5.02 Å². The van der Waals surface area contributed by atoms with Gasteiger partial charge in [0.2, 0.25) is 11.8 Å². The summed E-state index contributed by atoms with van der Waals surface area (Å²) in [5.74, 6) is 0.634. The lowest BCUT2D eigenvalue weighted by molar-refractivity contribution is -0.119. The van der Waals surface area contributed by atoms with E-state index in [1.165, 1.54) is 11.8 Å². The van der Waals surface area contributed by atoms with Crippen LogP contribution in [-0.4, -0.2) is 21.9 Å². The van der Waals surface area contributed by atoms with Crippen molar-refractivity contribution in [2.75, 3.05) is 5.75 Å². The van der Waals surface area contributed by atoms with Gasteiger partial charge in [-0.2, -0.15) is 0 Å². The molecule has 3 rings (SSSR count). The lowest BCUT2D eigenvalue weighted by atomic mass is 10.1. The summed E-state index contributed by atoms with van der Waals surface area (Å²) >= 11 is 7.20. The number of nitrogens with one attached hydrogen (secondary N) is 1. The number of thioether (sulfide) groups is 1. The smallest absolute Gasteiger partial charge is 0.277 e. The summed E-state index contributed by atoms with van der Waals surface area (Å²) in [7, 11) is 0. The number of carbonyl (C=O) groups is 1. The largest absolute Gasteiger partial charge is 0.416 e. The highest BCUT2D eigenvalue weighted by Gasteiger charge is 2.13. The minimum absolute atomic E-state index is 0.106. The molecule has 0 saturated carbocycles. The van der Waals surface area contributed by atoms with Crippen LogP contribution in [-0.2, 0) is 11.2 Å². The average molecular weight is 388 g/mol. The number of hydrogen-bond acceptors (Lipinski definition) is 5. The second-order valence-electron chi connectivity index (χ2n) is 5.76. The maximum Gasteiger partial charge on any atom is 0.277 e. The van der Waals surface area contributed by atoms with Crippen LogP contribution in [0.15, 0.2) is 64.2 Å². The van der Waals surface area contributed by atoms with E-state index in [0.29, 0.717) is 22.6 Å². The van der Waals surface area contributed by atoms with Gasteiger partial charge in [0.25, 0.3) is 5.22 Å². The number of hydrogen-bond donors (Lipinski definition) is 1. The van der Waals surface area contributed by atoms with E-state index in [9.17, 15) is 4.79 Å². The van der Waals surface area contributed by atoms with E-state index in [4.69, 9.17) is 16.0 Å². The van der Waals surface area contributed by atoms with E-state index >= 15 is 0 Å². The Balaban J connectivity index is 1.49. The zero-order chi connectivity index (χ0) is 18.4. The zero-order valence-electron chi connectivity index (χ0n) is 14.2. The average Bonchev–Trinajstić information content (AvgIpc) is 3.08. The summed E-state index contributed by atoms with van der Waals surface area (Å²) in [4.78, 5) is 12.1. The summed E-state index contributed by atoms with van der Waals surface area (Å²) in [5.41, 5.74) is 2.06. The summed E-state index contributed by atoms with van der Waals surface area (Å²) in [5, 5.41) is 12.0. The van der Waals surface area contributed by atoms with Crippen LogP contribution in [0.4, 0.5) is 0 Å². The molecule has 3 aromatic rings. The van der Waals surface area contributed by atoms with Crippen molar-refractivity contribution < 1.29 is 9.21 Å². The van der Waals surface area contributed by atoms with E-state index in [0.717, 1.165) is 11.1 Å². The monoisotopic (exact) mass is 387 g/mol. The van der Waals surface area contributed by atoms with Crippen LogP contribution in [0.1, 0.15) is 30.0 Å². The standard InChI is InChI=1S/C19H18ClN3O2S/c1-13(15-8-5-9-16(20)11-15)21-17(24)12-26-19-23-22-18(25-19)10-14-6-3-2-4-7-14/h2-9,11,13H,10,12H2,1H3,(H,21,24). The van der Waals surface area contributed by atoms with E-state index in [1.807, 2.05) is 55.5 Å². The molecule has 0 saturated heterocycles. The molecule has 1 N–H and O–H groups in total. The minimum Gasteiger partial charge on any atom is -0.416 e. The quantitative estimate of drug-likeness (QED) is 0.613. The van der Waals surface area contributed by atoms with Crippen molar-refractivity contribution in [1.82, 2.24) is 15.5 Å². The van der Waals surface area contributed by atoms with Gasteiger partial charge in [-0.05, 0) is 30.2 Å². The minimum atomic E-state index is -0.127. The van der Waals surface area contributed by atoms with Crippen molar-refractivity contribution in [3.63, 3.8) is 0 Å². The van der Waals surface area contributed by atoms with Gasteiger partial charge in [-0.15, -0.1) is 10.2 Å². The Kier molecular flexibility index (Phi) is 6.30. The Labute approximate surface area is 161 Å². The van der Waals surface area contributed by atoms with Gasteiger partial charge in [-0.1, -0.05) is 65.8 Å². The number of halogens is 1. The first-order valence-electron chi connectivity index (χ1n) is 8.14. The third-order valence-corrected chi connectivity index (χ3v) is 4.75. The second kappa shape index (κ2) is 8.87. The van der Waals surface area contributed by atoms with Gasteiger partial charge < -0.3 is 9.73 Å². The fourth-order valence-electron chi connectivity index (χ4n) is 2.41. The van der Waals surface area contributed by atoms with E-state index in [-0.39, 0.29) is 17.7 Å². The van der Waals surface area contributed by atoms with Crippen molar-refractivity contribution in [1.29, 1.82) is 0 Å². The normalized spacial score (nSPS) is 11.9. The molecule has 1 atom stereocenters. The molecule has 134 valence electrons. The zero-order valence-corrected chi connectivity index (χ0v) is 15.8. The topological polar surface area (TPSA) is 68.0 Å². The van der Waals surface area contributed by atoms with Gasteiger partial charge in [-0.3, -0.25) is 4.79 Å². The predicted octanol–water partition coefficient (Wildman–Crippen LogP) is 4.28. The SMILES string of the molecule is CC(NC(=O)CSc1nnc(Cc2ccccc2)o1)c1cccc(Cl)c1. The molecule has 1 aromatic heterocycles. The van der Waals surface area contributed by atoms with Crippen molar-refractivity contribution in [2.24, 2.45) is 0 Å².